The Morgan fingerprint density at radius 2 is 2.00 bits per heavy atom. The van der Waals surface area contributed by atoms with E-state index in [1.165, 1.54) is 13.2 Å². The van der Waals surface area contributed by atoms with E-state index in [4.69, 9.17) is 10.5 Å². The highest BCUT2D eigenvalue weighted by molar-refractivity contribution is 5.95. The number of nitrogens with zero attached hydrogens (tertiary/aromatic N) is 1. The van der Waals surface area contributed by atoms with Gasteiger partial charge in [-0.15, -0.1) is 0 Å². The number of carbonyl (C=O) groups excluding carboxylic acids is 2. The average Bonchev–Trinajstić information content (AvgIpc) is 2.68. The van der Waals surface area contributed by atoms with Crippen molar-refractivity contribution in [3.8, 4) is 11.5 Å². The molecule has 0 aliphatic heterocycles. The maximum absolute atomic E-state index is 12.3. The van der Waals surface area contributed by atoms with Crippen LogP contribution in [-0.4, -0.2) is 29.9 Å². The van der Waals surface area contributed by atoms with E-state index < -0.39 is 6.04 Å². The van der Waals surface area contributed by atoms with Crippen LogP contribution in [0.15, 0.2) is 36.5 Å². The molecule has 144 valence electrons. The SMILES string of the molecule is CCC(C)C(N)C(=O)Nc1ccc(C)c(Oc2ccnc(C(=O)NC)c2)c1. The van der Waals surface area contributed by atoms with Crippen LogP contribution in [0, 0.1) is 12.8 Å². The monoisotopic (exact) mass is 370 g/mol. The second-order valence-electron chi connectivity index (χ2n) is 6.44. The Kier molecular flexibility index (Phi) is 6.90. The molecule has 2 rings (SSSR count). The zero-order valence-corrected chi connectivity index (χ0v) is 16.1. The van der Waals surface area contributed by atoms with Crippen molar-refractivity contribution in [2.45, 2.75) is 33.2 Å². The van der Waals surface area contributed by atoms with Gasteiger partial charge >= 0.3 is 0 Å². The van der Waals surface area contributed by atoms with Gasteiger partial charge in [-0.25, -0.2) is 0 Å². The fourth-order valence-corrected chi connectivity index (χ4v) is 2.38. The number of amides is 2. The maximum Gasteiger partial charge on any atom is 0.269 e. The van der Waals surface area contributed by atoms with Crippen LogP contribution in [0.1, 0.15) is 36.3 Å². The molecule has 1 heterocycles. The van der Waals surface area contributed by atoms with Crippen LogP contribution in [0.5, 0.6) is 11.5 Å². The molecule has 2 amide bonds. The predicted molar refractivity (Wildman–Crippen MR) is 105 cm³/mol. The molecule has 2 aromatic rings. The summed E-state index contributed by atoms with van der Waals surface area (Å²) < 4.78 is 5.89. The highest BCUT2D eigenvalue weighted by atomic mass is 16.5. The van der Waals surface area contributed by atoms with Crippen LogP contribution in [0.2, 0.25) is 0 Å². The maximum atomic E-state index is 12.3. The van der Waals surface area contributed by atoms with Crippen LogP contribution in [-0.2, 0) is 4.79 Å². The van der Waals surface area contributed by atoms with E-state index in [0.29, 0.717) is 17.2 Å². The number of anilines is 1. The minimum atomic E-state index is -0.573. The summed E-state index contributed by atoms with van der Waals surface area (Å²) in [6.45, 7) is 5.84. The van der Waals surface area contributed by atoms with Gasteiger partial charge < -0.3 is 21.1 Å². The summed E-state index contributed by atoms with van der Waals surface area (Å²) in [7, 11) is 1.54. The lowest BCUT2D eigenvalue weighted by atomic mass is 9.99. The molecular formula is C20H26N4O3. The summed E-state index contributed by atoms with van der Waals surface area (Å²) in [6.07, 6.45) is 2.33. The molecule has 7 heteroatoms. The first-order chi connectivity index (χ1) is 12.8. The Morgan fingerprint density at radius 1 is 1.26 bits per heavy atom. The molecule has 0 saturated carbocycles. The molecule has 7 nitrogen and oxygen atoms in total. The molecule has 27 heavy (non-hydrogen) atoms. The fraction of sp³-hybridized carbons (Fsp3) is 0.350. The molecule has 0 bridgehead atoms. The third-order valence-corrected chi connectivity index (χ3v) is 4.43. The second-order valence-corrected chi connectivity index (χ2v) is 6.44. The van der Waals surface area contributed by atoms with E-state index in [0.717, 1.165) is 12.0 Å². The molecule has 0 aliphatic carbocycles. The van der Waals surface area contributed by atoms with Crippen molar-refractivity contribution in [2.75, 3.05) is 12.4 Å². The number of hydrogen-bond acceptors (Lipinski definition) is 5. The van der Waals surface area contributed by atoms with E-state index in [1.807, 2.05) is 26.8 Å². The summed E-state index contributed by atoms with van der Waals surface area (Å²) in [5.74, 6) is 0.610. The Morgan fingerprint density at radius 3 is 2.67 bits per heavy atom. The lowest BCUT2D eigenvalue weighted by molar-refractivity contribution is -0.118. The van der Waals surface area contributed by atoms with Gasteiger partial charge in [-0.1, -0.05) is 26.3 Å². The number of benzene rings is 1. The van der Waals surface area contributed by atoms with Crippen molar-refractivity contribution in [3.05, 3.63) is 47.8 Å². The number of aryl methyl sites for hydroxylation is 1. The number of rotatable bonds is 7. The Hall–Kier alpha value is -2.93. The van der Waals surface area contributed by atoms with E-state index in [2.05, 4.69) is 15.6 Å². The van der Waals surface area contributed by atoms with Gasteiger partial charge in [0, 0.05) is 31.1 Å². The topological polar surface area (TPSA) is 106 Å². The molecule has 2 unspecified atom stereocenters. The highest BCUT2D eigenvalue weighted by Gasteiger charge is 2.19. The average molecular weight is 370 g/mol. The van der Waals surface area contributed by atoms with Gasteiger partial charge in [-0.3, -0.25) is 14.6 Å². The van der Waals surface area contributed by atoms with Crippen LogP contribution in [0.3, 0.4) is 0 Å². The minimum absolute atomic E-state index is 0.0890. The summed E-state index contributed by atoms with van der Waals surface area (Å²) in [5.41, 5.74) is 7.73. The van der Waals surface area contributed by atoms with Gasteiger partial charge in [0.25, 0.3) is 5.91 Å². The number of carbonyl (C=O) groups is 2. The standard InChI is InChI=1S/C20H26N4O3/c1-5-12(2)18(21)20(26)24-14-7-6-13(3)17(10-14)27-15-8-9-23-16(11-15)19(25)22-4/h6-12,18H,5,21H2,1-4H3,(H,22,25)(H,24,26). The summed E-state index contributed by atoms with van der Waals surface area (Å²) in [4.78, 5) is 28.0. The Bertz CT molecular complexity index is 823. The number of nitrogens with one attached hydrogen (secondary N) is 2. The smallest absolute Gasteiger partial charge is 0.269 e. The van der Waals surface area contributed by atoms with Gasteiger partial charge in [-0.2, -0.15) is 0 Å². The van der Waals surface area contributed by atoms with E-state index in [9.17, 15) is 9.59 Å². The van der Waals surface area contributed by atoms with E-state index in [1.54, 1.807) is 24.3 Å². The second kappa shape index (κ2) is 9.14. The predicted octanol–water partition coefficient (Wildman–Crippen LogP) is 2.85. The zero-order chi connectivity index (χ0) is 20.0. The van der Waals surface area contributed by atoms with Crippen LogP contribution in [0.25, 0.3) is 0 Å². The summed E-state index contributed by atoms with van der Waals surface area (Å²) in [6, 6.07) is 8.03. The number of hydrogen-bond donors (Lipinski definition) is 3. The lowest BCUT2D eigenvalue weighted by Gasteiger charge is -2.18. The lowest BCUT2D eigenvalue weighted by Crippen LogP contribution is -2.40. The molecule has 1 aromatic carbocycles. The Labute approximate surface area is 159 Å². The zero-order valence-electron chi connectivity index (χ0n) is 16.1. The van der Waals surface area contributed by atoms with Crippen LogP contribution < -0.4 is 21.1 Å². The summed E-state index contributed by atoms with van der Waals surface area (Å²) in [5, 5.41) is 5.35. The summed E-state index contributed by atoms with van der Waals surface area (Å²) >= 11 is 0. The molecule has 0 saturated heterocycles. The number of nitrogens with two attached hydrogens (primary N) is 1. The van der Waals surface area contributed by atoms with Crippen molar-refractivity contribution >= 4 is 17.5 Å². The first kappa shape index (κ1) is 20.4. The molecular weight excluding hydrogens is 344 g/mol. The number of pyridine rings is 1. The first-order valence-corrected chi connectivity index (χ1v) is 8.88. The molecule has 0 spiro atoms. The van der Waals surface area contributed by atoms with Gasteiger partial charge in [0.15, 0.2) is 0 Å². The fourth-order valence-electron chi connectivity index (χ4n) is 2.38. The largest absolute Gasteiger partial charge is 0.457 e. The van der Waals surface area contributed by atoms with Crippen molar-refractivity contribution < 1.29 is 14.3 Å². The van der Waals surface area contributed by atoms with Gasteiger partial charge in [0.05, 0.1) is 6.04 Å². The Balaban J connectivity index is 2.18. The van der Waals surface area contributed by atoms with Gasteiger partial charge in [-0.05, 0) is 30.5 Å². The molecule has 2 atom stereocenters. The van der Waals surface area contributed by atoms with E-state index in [-0.39, 0.29) is 23.4 Å². The van der Waals surface area contributed by atoms with Gasteiger partial charge in [0.2, 0.25) is 5.91 Å². The number of ether oxygens (including phenoxy) is 1. The van der Waals surface area contributed by atoms with Crippen LogP contribution in [0.4, 0.5) is 5.69 Å². The van der Waals surface area contributed by atoms with Crippen molar-refractivity contribution in [2.24, 2.45) is 11.7 Å². The van der Waals surface area contributed by atoms with Crippen LogP contribution >= 0.6 is 0 Å². The molecule has 4 N–H and O–H groups in total. The molecule has 0 fully saturated rings. The highest BCUT2D eigenvalue weighted by Crippen LogP contribution is 2.28. The quantitative estimate of drug-likeness (QED) is 0.695. The van der Waals surface area contributed by atoms with Crippen molar-refractivity contribution in [3.63, 3.8) is 0 Å². The van der Waals surface area contributed by atoms with E-state index >= 15 is 0 Å². The molecule has 1 aromatic heterocycles. The molecule has 0 aliphatic rings. The number of aromatic nitrogens is 1. The normalized spacial score (nSPS) is 12.8. The third kappa shape index (κ3) is 5.27. The van der Waals surface area contributed by atoms with Crippen molar-refractivity contribution in [1.29, 1.82) is 0 Å². The minimum Gasteiger partial charge on any atom is -0.457 e. The van der Waals surface area contributed by atoms with Crippen molar-refractivity contribution in [1.82, 2.24) is 10.3 Å². The van der Waals surface area contributed by atoms with Gasteiger partial charge in [0.1, 0.15) is 17.2 Å². The molecule has 0 radical (unpaired) electrons. The first-order valence-electron chi connectivity index (χ1n) is 8.88. The third-order valence-electron chi connectivity index (χ3n) is 4.43.